The Balaban J connectivity index is 2.34. The summed E-state index contributed by atoms with van der Waals surface area (Å²) in [5, 5.41) is 0. The van der Waals surface area contributed by atoms with Crippen molar-refractivity contribution >= 4 is 6.20 Å². The smallest absolute Gasteiger partial charge is 0.0994 e. The predicted molar refractivity (Wildman–Crippen MR) is 58.7 cm³/mol. The van der Waals surface area contributed by atoms with E-state index in [4.69, 9.17) is 0 Å². The number of nitrogens with zero attached hydrogens (tertiary/aromatic N) is 2. The molecular formula is C12H12N2. The Morgan fingerprint density at radius 2 is 2.00 bits per heavy atom. The topological polar surface area (TPSA) is 17.8 Å². The Morgan fingerprint density at radius 1 is 1.21 bits per heavy atom. The van der Waals surface area contributed by atoms with Gasteiger partial charge in [0, 0.05) is 18.0 Å². The van der Waals surface area contributed by atoms with Crippen LogP contribution in [0.25, 0.3) is 17.5 Å². The number of hydrogen-bond acceptors (Lipinski definition) is 1. The first-order valence-electron chi connectivity index (χ1n) is 4.62. The van der Waals surface area contributed by atoms with Gasteiger partial charge in [-0.3, -0.25) is 0 Å². The molecule has 1 aromatic heterocycles. The standard InChI is InChI=1S/C12H12N2/c1-2-8-14-9-12(13-10-14)11-6-4-3-5-7-11/h2-10H,1H3. The molecule has 0 unspecified atom stereocenters. The van der Waals surface area contributed by atoms with Crippen LogP contribution in [0.3, 0.4) is 0 Å². The Hall–Kier alpha value is -1.83. The maximum atomic E-state index is 4.32. The molecular weight excluding hydrogens is 172 g/mol. The monoisotopic (exact) mass is 184 g/mol. The third kappa shape index (κ3) is 1.74. The van der Waals surface area contributed by atoms with Crippen molar-refractivity contribution in [3.05, 3.63) is 48.9 Å². The molecule has 0 aliphatic heterocycles. The summed E-state index contributed by atoms with van der Waals surface area (Å²) in [6, 6.07) is 10.2. The van der Waals surface area contributed by atoms with Crippen molar-refractivity contribution in [1.29, 1.82) is 0 Å². The lowest BCUT2D eigenvalue weighted by molar-refractivity contribution is 1.13. The minimum atomic E-state index is 1.00. The number of imidazole rings is 1. The Morgan fingerprint density at radius 3 is 2.71 bits per heavy atom. The van der Waals surface area contributed by atoms with Gasteiger partial charge in [0.1, 0.15) is 0 Å². The van der Waals surface area contributed by atoms with E-state index in [-0.39, 0.29) is 0 Å². The van der Waals surface area contributed by atoms with Gasteiger partial charge in [0.05, 0.1) is 12.0 Å². The summed E-state index contributed by atoms with van der Waals surface area (Å²) < 4.78 is 1.95. The molecule has 14 heavy (non-hydrogen) atoms. The highest BCUT2D eigenvalue weighted by molar-refractivity contribution is 5.58. The van der Waals surface area contributed by atoms with Gasteiger partial charge in [-0.1, -0.05) is 36.4 Å². The minimum absolute atomic E-state index is 1.00. The van der Waals surface area contributed by atoms with Gasteiger partial charge in [0.25, 0.3) is 0 Å². The van der Waals surface area contributed by atoms with Crippen molar-refractivity contribution in [3.8, 4) is 11.3 Å². The molecule has 2 rings (SSSR count). The lowest BCUT2D eigenvalue weighted by Crippen LogP contribution is -1.77. The molecule has 70 valence electrons. The second-order valence-electron chi connectivity index (χ2n) is 3.05. The van der Waals surface area contributed by atoms with E-state index < -0.39 is 0 Å². The van der Waals surface area contributed by atoms with Crippen molar-refractivity contribution in [1.82, 2.24) is 9.55 Å². The van der Waals surface area contributed by atoms with Crippen molar-refractivity contribution in [2.24, 2.45) is 0 Å². The summed E-state index contributed by atoms with van der Waals surface area (Å²) in [6.07, 6.45) is 7.77. The normalized spacial score (nSPS) is 10.9. The minimum Gasteiger partial charge on any atom is -0.313 e. The van der Waals surface area contributed by atoms with Crippen LogP contribution >= 0.6 is 0 Å². The van der Waals surface area contributed by atoms with Crippen LogP contribution < -0.4 is 0 Å². The lowest BCUT2D eigenvalue weighted by Gasteiger charge is -1.93. The zero-order valence-electron chi connectivity index (χ0n) is 8.09. The molecule has 0 atom stereocenters. The Bertz CT molecular complexity index is 427. The summed E-state index contributed by atoms with van der Waals surface area (Å²) in [4.78, 5) is 4.32. The molecule has 1 heterocycles. The van der Waals surface area contributed by atoms with E-state index >= 15 is 0 Å². The first-order valence-corrected chi connectivity index (χ1v) is 4.62. The molecule has 2 nitrogen and oxygen atoms in total. The van der Waals surface area contributed by atoms with E-state index in [1.54, 1.807) is 0 Å². The fraction of sp³-hybridized carbons (Fsp3) is 0.0833. The molecule has 0 bridgehead atoms. The van der Waals surface area contributed by atoms with E-state index in [1.807, 2.05) is 54.5 Å². The zero-order chi connectivity index (χ0) is 9.80. The van der Waals surface area contributed by atoms with E-state index in [0.717, 1.165) is 11.3 Å². The third-order valence-corrected chi connectivity index (χ3v) is 1.99. The van der Waals surface area contributed by atoms with Crippen LogP contribution in [-0.2, 0) is 0 Å². The quantitative estimate of drug-likeness (QED) is 0.701. The molecule has 2 heteroatoms. The summed E-state index contributed by atoms with van der Waals surface area (Å²) >= 11 is 0. The predicted octanol–water partition coefficient (Wildman–Crippen LogP) is 3.04. The van der Waals surface area contributed by atoms with Crippen LogP contribution in [0.15, 0.2) is 48.9 Å². The first kappa shape index (κ1) is 8.75. The second kappa shape index (κ2) is 3.92. The van der Waals surface area contributed by atoms with Crippen LogP contribution in [0, 0.1) is 0 Å². The molecule has 0 aliphatic carbocycles. The van der Waals surface area contributed by atoms with E-state index in [2.05, 4.69) is 17.1 Å². The van der Waals surface area contributed by atoms with Gasteiger partial charge in [-0.25, -0.2) is 4.98 Å². The van der Waals surface area contributed by atoms with E-state index in [9.17, 15) is 0 Å². The molecule has 0 N–H and O–H groups in total. The van der Waals surface area contributed by atoms with Crippen molar-refractivity contribution in [3.63, 3.8) is 0 Å². The number of aromatic nitrogens is 2. The fourth-order valence-electron chi connectivity index (χ4n) is 1.35. The molecule has 0 saturated heterocycles. The highest BCUT2D eigenvalue weighted by Crippen LogP contribution is 2.15. The molecule has 2 aromatic rings. The molecule has 0 amide bonds. The maximum Gasteiger partial charge on any atom is 0.0994 e. The van der Waals surface area contributed by atoms with Crippen LogP contribution in [0.1, 0.15) is 6.92 Å². The number of hydrogen-bond donors (Lipinski definition) is 0. The van der Waals surface area contributed by atoms with Gasteiger partial charge in [0.15, 0.2) is 0 Å². The lowest BCUT2D eigenvalue weighted by atomic mass is 10.2. The molecule has 0 radical (unpaired) electrons. The van der Waals surface area contributed by atoms with E-state index in [0.29, 0.717) is 0 Å². The third-order valence-electron chi connectivity index (χ3n) is 1.99. The van der Waals surface area contributed by atoms with Crippen LogP contribution in [0.5, 0.6) is 0 Å². The van der Waals surface area contributed by atoms with Gasteiger partial charge < -0.3 is 4.57 Å². The highest BCUT2D eigenvalue weighted by atomic mass is 15.0. The summed E-state index contributed by atoms with van der Waals surface area (Å²) in [5.74, 6) is 0. The van der Waals surface area contributed by atoms with Gasteiger partial charge in [0.2, 0.25) is 0 Å². The fourth-order valence-corrected chi connectivity index (χ4v) is 1.35. The van der Waals surface area contributed by atoms with Crippen molar-refractivity contribution < 1.29 is 0 Å². The zero-order valence-corrected chi connectivity index (χ0v) is 8.09. The Labute approximate surface area is 83.5 Å². The van der Waals surface area contributed by atoms with Gasteiger partial charge >= 0.3 is 0 Å². The summed E-state index contributed by atoms with van der Waals surface area (Å²) in [6.45, 7) is 1.99. The number of allylic oxidation sites excluding steroid dienone is 1. The summed E-state index contributed by atoms with van der Waals surface area (Å²) in [5.41, 5.74) is 2.15. The molecule has 0 saturated carbocycles. The van der Waals surface area contributed by atoms with Crippen LogP contribution in [0.4, 0.5) is 0 Å². The molecule has 0 aliphatic rings. The number of benzene rings is 1. The van der Waals surface area contributed by atoms with Gasteiger partial charge in [-0.05, 0) is 6.92 Å². The highest BCUT2D eigenvalue weighted by Gasteiger charge is 1.98. The van der Waals surface area contributed by atoms with Crippen molar-refractivity contribution in [2.45, 2.75) is 6.92 Å². The van der Waals surface area contributed by atoms with E-state index in [1.165, 1.54) is 0 Å². The average Bonchev–Trinajstić information content (AvgIpc) is 2.68. The molecule has 0 spiro atoms. The molecule has 0 fully saturated rings. The second-order valence-corrected chi connectivity index (χ2v) is 3.05. The van der Waals surface area contributed by atoms with Gasteiger partial charge in [-0.15, -0.1) is 0 Å². The van der Waals surface area contributed by atoms with Crippen molar-refractivity contribution in [2.75, 3.05) is 0 Å². The Kier molecular flexibility index (Phi) is 2.45. The SMILES string of the molecule is CC=Cn1cnc(-c2ccccc2)c1. The first-order chi connectivity index (χ1) is 6.90. The maximum absolute atomic E-state index is 4.32. The average molecular weight is 184 g/mol. The van der Waals surface area contributed by atoms with Gasteiger partial charge in [-0.2, -0.15) is 0 Å². The number of rotatable bonds is 2. The summed E-state index contributed by atoms with van der Waals surface area (Å²) in [7, 11) is 0. The van der Waals surface area contributed by atoms with Crippen LogP contribution in [-0.4, -0.2) is 9.55 Å². The largest absolute Gasteiger partial charge is 0.313 e. The van der Waals surface area contributed by atoms with Crippen LogP contribution in [0.2, 0.25) is 0 Å². The molecule has 1 aromatic carbocycles.